The number of amides is 1. The number of rotatable bonds is 5. The van der Waals surface area contributed by atoms with Gasteiger partial charge in [0.2, 0.25) is 5.91 Å². The number of hydrogen-bond acceptors (Lipinski definition) is 2. The van der Waals surface area contributed by atoms with Crippen molar-refractivity contribution in [1.29, 1.82) is 0 Å². The van der Waals surface area contributed by atoms with Gasteiger partial charge in [-0.25, -0.2) is 0 Å². The minimum absolute atomic E-state index is 0.210. The zero-order chi connectivity index (χ0) is 13.1. The molecule has 1 aliphatic carbocycles. The molecule has 18 heavy (non-hydrogen) atoms. The second kappa shape index (κ2) is 5.53. The van der Waals surface area contributed by atoms with Crippen LogP contribution in [-0.4, -0.2) is 24.9 Å². The van der Waals surface area contributed by atoms with Crippen molar-refractivity contribution in [2.45, 2.75) is 26.4 Å². The molecule has 2 atom stereocenters. The summed E-state index contributed by atoms with van der Waals surface area (Å²) in [6.07, 6.45) is 1.05. The van der Waals surface area contributed by atoms with E-state index in [4.69, 9.17) is 0 Å². The van der Waals surface area contributed by atoms with Gasteiger partial charge in [0, 0.05) is 19.0 Å². The maximum Gasteiger partial charge on any atom is 0.223 e. The maximum atomic E-state index is 11.8. The number of nitrogens with one attached hydrogen (secondary N) is 1. The van der Waals surface area contributed by atoms with Gasteiger partial charge in [0.25, 0.3) is 0 Å². The van der Waals surface area contributed by atoms with E-state index < -0.39 is 0 Å². The third-order valence-corrected chi connectivity index (χ3v) is 3.50. The highest BCUT2D eigenvalue weighted by Crippen LogP contribution is 2.37. The van der Waals surface area contributed by atoms with Crippen LogP contribution < -0.4 is 5.32 Å². The quantitative estimate of drug-likeness (QED) is 0.862. The van der Waals surface area contributed by atoms with Crippen LogP contribution in [0.2, 0.25) is 0 Å². The normalized spacial score (nSPS) is 22.0. The van der Waals surface area contributed by atoms with Gasteiger partial charge in [-0.2, -0.15) is 0 Å². The van der Waals surface area contributed by atoms with Crippen LogP contribution in [0.1, 0.15) is 24.5 Å². The lowest BCUT2D eigenvalue weighted by Gasteiger charge is -2.14. The molecule has 2 rings (SSSR count). The van der Waals surface area contributed by atoms with Gasteiger partial charge in [0.05, 0.1) is 0 Å². The highest BCUT2D eigenvalue weighted by Gasteiger charge is 2.38. The molecule has 0 radical (unpaired) electrons. The highest BCUT2D eigenvalue weighted by atomic mass is 16.2. The van der Waals surface area contributed by atoms with Crippen molar-refractivity contribution < 1.29 is 4.79 Å². The highest BCUT2D eigenvalue weighted by molar-refractivity contribution is 5.81. The van der Waals surface area contributed by atoms with E-state index in [-0.39, 0.29) is 11.8 Å². The van der Waals surface area contributed by atoms with Crippen molar-refractivity contribution >= 4 is 5.91 Å². The Balaban J connectivity index is 1.94. The molecule has 1 amide bonds. The lowest BCUT2D eigenvalue weighted by atomic mass is 10.1. The Labute approximate surface area is 109 Å². The second-order valence-corrected chi connectivity index (χ2v) is 5.54. The van der Waals surface area contributed by atoms with E-state index in [9.17, 15) is 4.79 Å². The van der Waals surface area contributed by atoms with Crippen LogP contribution >= 0.6 is 0 Å². The smallest absolute Gasteiger partial charge is 0.223 e. The lowest BCUT2D eigenvalue weighted by molar-refractivity contribution is -0.122. The zero-order valence-corrected chi connectivity index (χ0v) is 11.4. The predicted octanol–water partition coefficient (Wildman–Crippen LogP) is 2.02. The standard InChI is InChI=1S/C15H22N2O/c1-11-8-14(11)15(18)16-9-12-6-4-5-7-13(12)10-17(2)3/h4-7,11,14H,8-10H2,1-3H3,(H,16,18). The van der Waals surface area contributed by atoms with E-state index in [2.05, 4.69) is 43.4 Å². The molecule has 3 nitrogen and oxygen atoms in total. The number of carbonyl (C=O) groups is 1. The maximum absolute atomic E-state index is 11.8. The van der Waals surface area contributed by atoms with Crippen molar-refractivity contribution in [3.05, 3.63) is 35.4 Å². The first-order valence-electron chi connectivity index (χ1n) is 6.57. The van der Waals surface area contributed by atoms with Gasteiger partial charge in [-0.3, -0.25) is 4.79 Å². The summed E-state index contributed by atoms with van der Waals surface area (Å²) in [4.78, 5) is 13.9. The average molecular weight is 246 g/mol. The molecule has 1 aromatic carbocycles. The van der Waals surface area contributed by atoms with Crippen LogP contribution in [0.3, 0.4) is 0 Å². The van der Waals surface area contributed by atoms with Crippen LogP contribution in [0.4, 0.5) is 0 Å². The van der Waals surface area contributed by atoms with E-state index in [0.29, 0.717) is 12.5 Å². The van der Waals surface area contributed by atoms with Crippen molar-refractivity contribution in [3.63, 3.8) is 0 Å². The van der Waals surface area contributed by atoms with E-state index in [0.717, 1.165) is 13.0 Å². The number of nitrogens with zero attached hydrogens (tertiary/aromatic N) is 1. The van der Waals surface area contributed by atoms with Crippen molar-refractivity contribution in [2.24, 2.45) is 11.8 Å². The fourth-order valence-electron chi connectivity index (χ4n) is 2.23. The molecule has 0 aliphatic heterocycles. The molecule has 1 aliphatic rings. The first kappa shape index (κ1) is 13.1. The first-order chi connectivity index (χ1) is 8.58. The second-order valence-electron chi connectivity index (χ2n) is 5.54. The van der Waals surface area contributed by atoms with Gasteiger partial charge < -0.3 is 10.2 Å². The molecule has 98 valence electrons. The van der Waals surface area contributed by atoms with Gasteiger partial charge in [-0.05, 0) is 37.6 Å². The molecular weight excluding hydrogens is 224 g/mol. The summed E-state index contributed by atoms with van der Waals surface area (Å²) in [5.41, 5.74) is 2.50. The van der Waals surface area contributed by atoms with Crippen LogP contribution in [0, 0.1) is 11.8 Å². The first-order valence-corrected chi connectivity index (χ1v) is 6.57. The predicted molar refractivity (Wildman–Crippen MR) is 73.0 cm³/mol. The number of hydrogen-bond donors (Lipinski definition) is 1. The molecule has 0 bridgehead atoms. The summed E-state index contributed by atoms with van der Waals surface area (Å²) >= 11 is 0. The monoisotopic (exact) mass is 246 g/mol. The number of benzene rings is 1. The fraction of sp³-hybridized carbons (Fsp3) is 0.533. The molecule has 1 N–H and O–H groups in total. The molecule has 1 fully saturated rings. The molecule has 0 heterocycles. The summed E-state index contributed by atoms with van der Waals surface area (Å²) < 4.78 is 0. The molecule has 2 unspecified atom stereocenters. The van der Waals surface area contributed by atoms with Crippen LogP contribution in [0.5, 0.6) is 0 Å². The van der Waals surface area contributed by atoms with Crippen LogP contribution in [0.15, 0.2) is 24.3 Å². The lowest BCUT2D eigenvalue weighted by Crippen LogP contribution is -2.25. The van der Waals surface area contributed by atoms with Gasteiger partial charge in [-0.15, -0.1) is 0 Å². The summed E-state index contributed by atoms with van der Waals surface area (Å²) in [6.45, 7) is 3.68. The van der Waals surface area contributed by atoms with Crippen LogP contribution in [-0.2, 0) is 17.9 Å². The van der Waals surface area contributed by atoms with Crippen molar-refractivity contribution in [2.75, 3.05) is 14.1 Å². The minimum Gasteiger partial charge on any atom is -0.352 e. The fourth-order valence-corrected chi connectivity index (χ4v) is 2.23. The Kier molecular flexibility index (Phi) is 4.02. The van der Waals surface area contributed by atoms with Crippen molar-refractivity contribution in [3.8, 4) is 0 Å². The summed E-state index contributed by atoms with van der Waals surface area (Å²) in [5, 5.41) is 3.05. The average Bonchev–Trinajstić information content (AvgIpc) is 3.04. The summed E-state index contributed by atoms with van der Waals surface area (Å²) in [7, 11) is 4.11. The third kappa shape index (κ3) is 3.33. The Morgan fingerprint density at radius 1 is 1.33 bits per heavy atom. The largest absolute Gasteiger partial charge is 0.352 e. The Morgan fingerprint density at radius 2 is 1.94 bits per heavy atom. The molecule has 0 aromatic heterocycles. The van der Waals surface area contributed by atoms with Gasteiger partial charge in [0.15, 0.2) is 0 Å². The molecule has 1 saturated carbocycles. The molecule has 1 aromatic rings. The molecular formula is C15H22N2O. The summed E-state index contributed by atoms with van der Waals surface area (Å²) in [5.74, 6) is 1.04. The Bertz CT molecular complexity index is 428. The van der Waals surface area contributed by atoms with E-state index in [1.807, 2.05) is 12.1 Å². The van der Waals surface area contributed by atoms with Gasteiger partial charge in [0.1, 0.15) is 0 Å². The van der Waals surface area contributed by atoms with Crippen molar-refractivity contribution in [1.82, 2.24) is 10.2 Å². The van der Waals surface area contributed by atoms with Crippen LogP contribution in [0.25, 0.3) is 0 Å². The zero-order valence-electron chi connectivity index (χ0n) is 11.4. The summed E-state index contributed by atoms with van der Waals surface area (Å²) in [6, 6.07) is 8.30. The molecule has 0 saturated heterocycles. The minimum atomic E-state index is 0.210. The molecule has 3 heteroatoms. The van der Waals surface area contributed by atoms with E-state index in [1.54, 1.807) is 0 Å². The number of carbonyl (C=O) groups excluding carboxylic acids is 1. The van der Waals surface area contributed by atoms with Gasteiger partial charge >= 0.3 is 0 Å². The van der Waals surface area contributed by atoms with E-state index in [1.165, 1.54) is 11.1 Å². The Hall–Kier alpha value is -1.35. The van der Waals surface area contributed by atoms with E-state index >= 15 is 0 Å². The Morgan fingerprint density at radius 3 is 2.50 bits per heavy atom. The topological polar surface area (TPSA) is 32.3 Å². The molecule has 0 spiro atoms. The third-order valence-electron chi connectivity index (χ3n) is 3.50. The van der Waals surface area contributed by atoms with Gasteiger partial charge in [-0.1, -0.05) is 31.2 Å². The SMILES string of the molecule is CC1CC1C(=O)NCc1ccccc1CN(C)C.